The zero-order valence-electron chi connectivity index (χ0n) is 31.5. The van der Waals surface area contributed by atoms with Crippen molar-refractivity contribution in [1.82, 2.24) is 24.3 Å². The predicted molar refractivity (Wildman–Crippen MR) is 195 cm³/mol. The van der Waals surface area contributed by atoms with Crippen LogP contribution in [0.4, 0.5) is 4.39 Å². The van der Waals surface area contributed by atoms with Gasteiger partial charge >= 0.3 is 0 Å². The number of halogens is 1. The molecule has 3 atom stereocenters. The number of aromatic nitrogens is 2. The standard InChI is InChI=1S/C21H22FN3O2.C13H22N2O2.C5H12O/c1-5-24(13(2)3)21(27)17-10-15(22)6-7-19(17)25-14(4)18(12-26)16-8-9-23-11-20(16)25;1-10-5-3-4-8-14(10)13(17)12-7-6-11(2)15(12)9-16;1-5(2,3)6-4/h6-13H,5H2,1-4H3;9-12H,3-8H2,1-2H3;1-4H3. The van der Waals surface area contributed by atoms with E-state index in [1.54, 1.807) is 52.9 Å². The number of rotatable bonds is 7. The molecule has 0 bridgehead atoms. The fourth-order valence-corrected chi connectivity index (χ4v) is 6.57. The number of nitrogens with zero attached hydrogens (tertiary/aromatic N) is 5. The van der Waals surface area contributed by atoms with E-state index in [0.717, 1.165) is 50.3 Å². The van der Waals surface area contributed by atoms with Crippen molar-refractivity contribution in [3.63, 3.8) is 0 Å². The van der Waals surface area contributed by atoms with Crippen LogP contribution < -0.4 is 0 Å². The highest BCUT2D eigenvalue weighted by Crippen LogP contribution is 2.31. The lowest BCUT2D eigenvalue weighted by atomic mass is 10.0. The largest absolute Gasteiger partial charge is 0.379 e. The number of fused-ring (bicyclic) bond motifs is 1. The van der Waals surface area contributed by atoms with E-state index in [0.29, 0.717) is 35.0 Å². The Morgan fingerprint density at radius 3 is 2.32 bits per heavy atom. The number of aldehydes is 1. The van der Waals surface area contributed by atoms with Crippen molar-refractivity contribution in [2.45, 2.75) is 124 Å². The molecule has 2 saturated heterocycles. The molecule has 10 nitrogen and oxygen atoms in total. The third-order valence-corrected chi connectivity index (χ3v) is 9.66. The van der Waals surface area contributed by atoms with Crippen molar-refractivity contribution in [3.8, 4) is 5.69 Å². The van der Waals surface area contributed by atoms with Crippen LogP contribution >= 0.6 is 0 Å². The summed E-state index contributed by atoms with van der Waals surface area (Å²) < 4.78 is 20.8. The quantitative estimate of drug-likeness (QED) is 0.247. The highest BCUT2D eigenvalue weighted by atomic mass is 19.1. The second-order valence-electron chi connectivity index (χ2n) is 14.4. The van der Waals surface area contributed by atoms with E-state index in [1.807, 2.05) is 53.4 Å². The number of methoxy groups -OCH3 is 1. The minimum Gasteiger partial charge on any atom is -0.379 e. The molecule has 1 aromatic carbocycles. The first-order chi connectivity index (χ1) is 23.6. The third-order valence-electron chi connectivity index (χ3n) is 9.66. The molecule has 0 N–H and O–H groups in total. The Kier molecular flexibility index (Phi) is 14.3. The zero-order valence-corrected chi connectivity index (χ0v) is 31.5. The first kappa shape index (κ1) is 40.3. The number of benzene rings is 1. The first-order valence-corrected chi connectivity index (χ1v) is 17.7. The molecule has 2 aliphatic rings. The van der Waals surface area contributed by atoms with Gasteiger partial charge in [0.05, 0.1) is 28.6 Å². The summed E-state index contributed by atoms with van der Waals surface area (Å²) in [5.41, 5.74) is 2.74. The van der Waals surface area contributed by atoms with E-state index in [9.17, 15) is 23.6 Å². The van der Waals surface area contributed by atoms with Gasteiger partial charge in [0, 0.05) is 61.2 Å². The van der Waals surface area contributed by atoms with Crippen molar-refractivity contribution in [2.24, 2.45) is 0 Å². The normalized spacial score (nSPS) is 19.0. The Bertz CT molecular complexity index is 1630. The van der Waals surface area contributed by atoms with Crippen LogP contribution in [0.25, 0.3) is 16.6 Å². The van der Waals surface area contributed by atoms with Gasteiger partial charge in [-0.25, -0.2) is 4.39 Å². The van der Waals surface area contributed by atoms with Crippen LogP contribution in [0.1, 0.15) is 114 Å². The fraction of sp³-hybridized carbons (Fsp3) is 0.564. The Balaban J connectivity index is 0.000000250. The van der Waals surface area contributed by atoms with E-state index >= 15 is 0 Å². The van der Waals surface area contributed by atoms with E-state index < -0.39 is 5.82 Å². The second kappa shape index (κ2) is 17.7. The lowest BCUT2D eigenvalue weighted by Gasteiger charge is -2.37. The van der Waals surface area contributed by atoms with Crippen LogP contribution in [-0.4, -0.2) is 98.7 Å². The summed E-state index contributed by atoms with van der Waals surface area (Å²) in [6, 6.07) is 6.23. The molecule has 4 heterocycles. The Morgan fingerprint density at radius 2 is 1.76 bits per heavy atom. The number of pyridine rings is 1. The minimum atomic E-state index is -0.482. The van der Waals surface area contributed by atoms with Crippen molar-refractivity contribution < 1.29 is 28.3 Å². The van der Waals surface area contributed by atoms with Gasteiger partial charge in [0.2, 0.25) is 12.3 Å². The number of carbonyl (C=O) groups is 4. The smallest absolute Gasteiger partial charge is 0.256 e. The lowest BCUT2D eigenvalue weighted by Crippen LogP contribution is -2.51. The molecule has 0 radical (unpaired) electrons. The molecule has 11 heteroatoms. The topological polar surface area (TPSA) is 105 Å². The Hall–Kier alpha value is -4.12. The Labute approximate surface area is 297 Å². The second-order valence-corrected chi connectivity index (χ2v) is 14.4. The number of hydrogen-bond donors (Lipinski definition) is 0. The molecule has 0 spiro atoms. The molecule has 2 fully saturated rings. The summed E-state index contributed by atoms with van der Waals surface area (Å²) in [4.78, 5) is 57.8. The first-order valence-electron chi connectivity index (χ1n) is 17.7. The van der Waals surface area contributed by atoms with Crippen LogP contribution in [0.2, 0.25) is 0 Å². The van der Waals surface area contributed by atoms with Crippen molar-refractivity contribution >= 4 is 35.4 Å². The van der Waals surface area contributed by atoms with E-state index in [4.69, 9.17) is 4.74 Å². The van der Waals surface area contributed by atoms with Crippen LogP contribution in [0.5, 0.6) is 0 Å². The SMILES string of the molecule is CC1CCCCN1C(=O)C1CCC(C)N1C=O.CCN(C(=O)c1cc(F)ccc1-n1c(C)c(C=O)c2ccncc21)C(C)C.COC(C)(C)C. The van der Waals surface area contributed by atoms with Gasteiger partial charge in [-0.15, -0.1) is 0 Å². The summed E-state index contributed by atoms with van der Waals surface area (Å²) in [5, 5.41) is 0.747. The summed E-state index contributed by atoms with van der Waals surface area (Å²) in [7, 11) is 1.71. The van der Waals surface area contributed by atoms with Gasteiger partial charge < -0.3 is 24.0 Å². The molecule has 0 saturated carbocycles. The van der Waals surface area contributed by atoms with Gasteiger partial charge in [0.15, 0.2) is 6.29 Å². The van der Waals surface area contributed by atoms with E-state index in [-0.39, 0.29) is 41.1 Å². The maximum Gasteiger partial charge on any atom is 0.256 e. The number of ether oxygens (including phenoxy) is 1. The number of piperidine rings is 1. The number of amides is 3. The van der Waals surface area contributed by atoms with Crippen molar-refractivity contribution in [2.75, 3.05) is 20.2 Å². The average molecular weight is 694 g/mol. The van der Waals surface area contributed by atoms with E-state index in [2.05, 4.69) is 11.9 Å². The highest BCUT2D eigenvalue weighted by molar-refractivity contribution is 6.02. The van der Waals surface area contributed by atoms with Gasteiger partial charge in [0.1, 0.15) is 11.9 Å². The van der Waals surface area contributed by atoms with Crippen LogP contribution in [0, 0.1) is 12.7 Å². The molecular weight excluding hydrogens is 637 g/mol. The summed E-state index contributed by atoms with van der Waals surface area (Å²) in [5.74, 6) is -0.571. The third kappa shape index (κ3) is 9.35. The van der Waals surface area contributed by atoms with Gasteiger partial charge in [-0.05, 0) is 119 Å². The molecule has 274 valence electrons. The van der Waals surface area contributed by atoms with Gasteiger partial charge in [-0.1, -0.05) is 0 Å². The molecule has 0 aliphatic carbocycles. The van der Waals surface area contributed by atoms with Crippen molar-refractivity contribution in [3.05, 3.63) is 59.3 Å². The predicted octanol–water partition coefficient (Wildman–Crippen LogP) is 6.98. The molecule has 3 aromatic rings. The molecule has 2 aliphatic heterocycles. The number of hydrogen-bond acceptors (Lipinski definition) is 6. The molecule has 3 amide bonds. The maximum atomic E-state index is 14.0. The lowest BCUT2D eigenvalue weighted by molar-refractivity contribution is -0.142. The van der Waals surface area contributed by atoms with Crippen LogP contribution in [0.3, 0.4) is 0 Å². The van der Waals surface area contributed by atoms with Crippen LogP contribution in [0.15, 0.2) is 36.7 Å². The monoisotopic (exact) mass is 693 g/mol. The molecule has 2 aromatic heterocycles. The van der Waals surface area contributed by atoms with Crippen molar-refractivity contribution in [1.29, 1.82) is 0 Å². The fourth-order valence-electron chi connectivity index (χ4n) is 6.57. The van der Waals surface area contributed by atoms with Gasteiger partial charge in [0.25, 0.3) is 5.91 Å². The maximum absolute atomic E-state index is 14.0. The number of likely N-dealkylation sites (tertiary alicyclic amines) is 2. The molecule has 50 heavy (non-hydrogen) atoms. The van der Waals surface area contributed by atoms with Gasteiger partial charge in [-0.2, -0.15) is 0 Å². The molecule has 5 rings (SSSR count). The highest BCUT2D eigenvalue weighted by Gasteiger charge is 2.38. The summed E-state index contributed by atoms with van der Waals surface area (Å²) in [6.45, 7) is 19.1. The molecular formula is C39H56FN5O5. The summed E-state index contributed by atoms with van der Waals surface area (Å²) in [6.07, 6.45) is 10.1. The summed E-state index contributed by atoms with van der Waals surface area (Å²) >= 11 is 0. The number of carbonyl (C=O) groups excluding carboxylic acids is 4. The van der Waals surface area contributed by atoms with Gasteiger partial charge in [-0.3, -0.25) is 24.2 Å². The average Bonchev–Trinajstić information content (AvgIpc) is 3.60. The minimum absolute atomic E-state index is 0.0201. The Morgan fingerprint density at radius 1 is 1.08 bits per heavy atom. The van der Waals surface area contributed by atoms with E-state index in [1.165, 1.54) is 18.6 Å². The molecule has 3 unspecified atom stereocenters. The van der Waals surface area contributed by atoms with Crippen LogP contribution in [-0.2, 0) is 14.3 Å². The zero-order chi connectivity index (χ0) is 37.3.